The first kappa shape index (κ1) is 8.52. The molecule has 70 valence electrons. The van der Waals surface area contributed by atoms with E-state index in [4.69, 9.17) is 0 Å². The van der Waals surface area contributed by atoms with Crippen LogP contribution in [0.1, 0.15) is 32.6 Å². The largest absolute Gasteiger partial charge is 0.314 e. The zero-order chi connectivity index (χ0) is 8.39. The Balaban J connectivity index is 1.61. The van der Waals surface area contributed by atoms with Crippen LogP contribution in [0.5, 0.6) is 0 Å². The molecule has 1 N–H and O–H groups in total. The molecule has 2 saturated heterocycles. The molecule has 12 heavy (non-hydrogen) atoms. The first-order valence-electron chi connectivity index (χ1n) is 5.33. The summed E-state index contributed by atoms with van der Waals surface area (Å²) in [6.07, 6.45) is 5.57. The van der Waals surface area contributed by atoms with Crippen LogP contribution in [0.3, 0.4) is 0 Å². The van der Waals surface area contributed by atoms with Crippen molar-refractivity contribution in [3.05, 3.63) is 0 Å². The second-order valence-corrected chi connectivity index (χ2v) is 4.26. The number of hydrogen-bond donors (Lipinski definition) is 1. The van der Waals surface area contributed by atoms with E-state index in [1.165, 1.54) is 45.3 Å². The lowest BCUT2D eigenvalue weighted by molar-refractivity contribution is 0.0998. The molecule has 2 fully saturated rings. The highest BCUT2D eigenvalue weighted by Crippen LogP contribution is 2.18. The molecule has 0 bridgehead atoms. The summed E-state index contributed by atoms with van der Waals surface area (Å²) in [4.78, 5) is 2.60. The van der Waals surface area contributed by atoms with Crippen molar-refractivity contribution in [2.24, 2.45) is 0 Å². The fraction of sp³-hybridized carbons (Fsp3) is 1.00. The Morgan fingerprint density at radius 3 is 2.83 bits per heavy atom. The van der Waals surface area contributed by atoms with E-state index >= 15 is 0 Å². The van der Waals surface area contributed by atoms with Gasteiger partial charge in [0.25, 0.3) is 0 Å². The van der Waals surface area contributed by atoms with E-state index in [9.17, 15) is 0 Å². The van der Waals surface area contributed by atoms with Crippen molar-refractivity contribution in [3.8, 4) is 0 Å². The summed E-state index contributed by atoms with van der Waals surface area (Å²) in [5.41, 5.74) is 0. The molecule has 0 aromatic carbocycles. The van der Waals surface area contributed by atoms with Crippen LogP contribution in [0.4, 0.5) is 0 Å². The summed E-state index contributed by atoms with van der Waals surface area (Å²) in [7, 11) is 0. The fourth-order valence-electron chi connectivity index (χ4n) is 2.23. The summed E-state index contributed by atoms with van der Waals surface area (Å²) in [5.74, 6) is 0. The lowest BCUT2D eigenvalue weighted by Gasteiger charge is -2.39. The van der Waals surface area contributed by atoms with Crippen molar-refractivity contribution in [1.29, 1.82) is 0 Å². The number of likely N-dealkylation sites (tertiary alicyclic amines) is 1. The van der Waals surface area contributed by atoms with Gasteiger partial charge >= 0.3 is 0 Å². The topological polar surface area (TPSA) is 15.3 Å². The van der Waals surface area contributed by atoms with Crippen molar-refractivity contribution in [2.75, 3.05) is 19.6 Å². The van der Waals surface area contributed by atoms with Crippen LogP contribution in [0.2, 0.25) is 0 Å². The van der Waals surface area contributed by atoms with Crippen molar-refractivity contribution in [3.63, 3.8) is 0 Å². The maximum Gasteiger partial charge on any atom is 0.00797 e. The third kappa shape index (κ3) is 1.80. The van der Waals surface area contributed by atoms with Gasteiger partial charge in [0.15, 0.2) is 0 Å². The van der Waals surface area contributed by atoms with Gasteiger partial charge in [0.2, 0.25) is 0 Å². The highest BCUT2D eigenvalue weighted by atomic mass is 15.2. The van der Waals surface area contributed by atoms with Gasteiger partial charge in [-0.15, -0.1) is 0 Å². The zero-order valence-electron chi connectivity index (χ0n) is 8.05. The van der Waals surface area contributed by atoms with E-state index in [0.29, 0.717) is 0 Å². The molecule has 0 aromatic rings. The molecule has 2 aliphatic rings. The third-order valence-electron chi connectivity index (χ3n) is 3.38. The minimum absolute atomic E-state index is 0.831. The van der Waals surface area contributed by atoms with Crippen molar-refractivity contribution >= 4 is 0 Å². The Labute approximate surface area is 75.3 Å². The molecule has 2 aliphatic heterocycles. The highest BCUT2D eigenvalue weighted by molar-refractivity contribution is 4.81. The monoisotopic (exact) mass is 168 g/mol. The standard InChI is InChI=1S/C10H20N2/c1-9-4-7-12(9)8-5-10-3-2-6-11-10/h9-11H,2-8H2,1H3. The first-order chi connectivity index (χ1) is 5.86. The molecular formula is C10H20N2. The molecule has 0 amide bonds. The van der Waals surface area contributed by atoms with Crippen LogP contribution in [0, 0.1) is 0 Å². The average Bonchev–Trinajstić information content (AvgIpc) is 2.54. The fourth-order valence-corrected chi connectivity index (χ4v) is 2.23. The predicted molar refractivity (Wildman–Crippen MR) is 51.3 cm³/mol. The van der Waals surface area contributed by atoms with Gasteiger partial charge in [-0.3, -0.25) is 0 Å². The van der Waals surface area contributed by atoms with Crippen LogP contribution in [0.15, 0.2) is 0 Å². The molecule has 0 saturated carbocycles. The van der Waals surface area contributed by atoms with Gasteiger partial charge in [0.1, 0.15) is 0 Å². The second kappa shape index (κ2) is 3.75. The third-order valence-corrected chi connectivity index (χ3v) is 3.38. The number of nitrogens with zero attached hydrogens (tertiary/aromatic N) is 1. The SMILES string of the molecule is CC1CCN1CCC1CCCN1. The lowest BCUT2D eigenvalue weighted by Crippen LogP contribution is -2.47. The normalized spacial score (nSPS) is 36.8. The Morgan fingerprint density at radius 2 is 2.33 bits per heavy atom. The number of nitrogens with one attached hydrogen (secondary N) is 1. The molecule has 2 rings (SSSR count). The summed E-state index contributed by atoms with van der Waals surface area (Å²) in [6, 6.07) is 1.70. The van der Waals surface area contributed by atoms with Crippen LogP contribution < -0.4 is 5.32 Å². The summed E-state index contributed by atoms with van der Waals surface area (Å²) < 4.78 is 0. The van der Waals surface area contributed by atoms with Crippen molar-refractivity contribution < 1.29 is 0 Å². The minimum atomic E-state index is 0.831. The van der Waals surface area contributed by atoms with Gasteiger partial charge in [-0.25, -0.2) is 0 Å². The molecule has 0 aliphatic carbocycles. The molecule has 0 radical (unpaired) electrons. The van der Waals surface area contributed by atoms with Gasteiger partial charge in [-0.05, 0) is 52.2 Å². The molecule has 2 unspecified atom stereocenters. The maximum absolute atomic E-state index is 3.55. The van der Waals surface area contributed by atoms with Crippen LogP contribution in [0.25, 0.3) is 0 Å². The zero-order valence-corrected chi connectivity index (χ0v) is 8.05. The Kier molecular flexibility index (Phi) is 2.66. The average molecular weight is 168 g/mol. The molecule has 2 heterocycles. The van der Waals surface area contributed by atoms with E-state index in [0.717, 1.165) is 12.1 Å². The smallest absolute Gasteiger partial charge is 0.00797 e. The van der Waals surface area contributed by atoms with Gasteiger partial charge in [-0.2, -0.15) is 0 Å². The summed E-state index contributed by atoms with van der Waals surface area (Å²) in [5, 5.41) is 3.55. The van der Waals surface area contributed by atoms with E-state index < -0.39 is 0 Å². The van der Waals surface area contributed by atoms with Gasteiger partial charge < -0.3 is 10.2 Å². The van der Waals surface area contributed by atoms with E-state index in [-0.39, 0.29) is 0 Å². The summed E-state index contributed by atoms with van der Waals surface area (Å²) >= 11 is 0. The first-order valence-corrected chi connectivity index (χ1v) is 5.33. The minimum Gasteiger partial charge on any atom is -0.314 e. The molecule has 0 spiro atoms. The highest BCUT2D eigenvalue weighted by Gasteiger charge is 2.24. The number of rotatable bonds is 3. The second-order valence-electron chi connectivity index (χ2n) is 4.26. The van der Waals surface area contributed by atoms with Crippen LogP contribution in [-0.2, 0) is 0 Å². The Bertz CT molecular complexity index is 139. The van der Waals surface area contributed by atoms with Crippen molar-refractivity contribution in [2.45, 2.75) is 44.7 Å². The quantitative estimate of drug-likeness (QED) is 0.681. The lowest BCUT2D eigenvalue weighted by atomic mass is 10.0. The molecule has 2 heteroatoms. The van der Waals surface area contributed by atoms with Crippen molar-refractivity contribution in [1.82, 2.24) is 10.2 Å². The maximum atomic E-state index is 3.55. The van der Waals surface area contributed by atoms with Crippen LogP contribution >= 0.6 is 0 Å². The van der Waals surface area contributed by atoms with Gasteiger partial charge in [0.05, 0.1) is 0 Å². The van der Waals surface area contributed by atoms with Crippen LogP contribution in [-0.4, -0.2) is 36.6 Å². The number of hydrogen-bond acceptors (Lipinski definition) is 2. The van der Waals surface area contributed by atoms with E-state index in [1.807, 2.05) is 0 Å². The Morgan fingerprint density at radius 1 is 1.42 bits per heavy atom. The van der Waals surface area contributed by atoms with E-state index in [2.05, 4.69) is 17.1 Å². The summed E-state index contributed by atoms with van der Waals surface area (Å²) in [6.45, 7) is 6.25. The Hall–Kier alpha value is -0.0800. The molecule has 2 nitrogen and oxygen atoms in total. The van der Waals surface area contributed by atoms with E-state index in [1.54, 1.807) is 0 Å². The molecular weight excluding hydrogens is 148 g/mol. The predicted octanol–water partition coefficient (Wildman–Crippen LogP) is 1.22. The molecule has 2 atom stereocenters. The van der Waals surface area contributed by atoms with Gasteiger partial charge in [0, 0.05) is 12.1 Å². The van der Waals surface area contributed by atoms with Gasteiger partial charge in [-0.1, -0.05) is 0 Å². The molecule has 0 aromatic heterocycles.